The maximum absolute atomic E-state index is 6.87. The molecular formula is C19H28N4S2. The van der Waals surface area contributed by atoms with Gasteiger partial charge in [0.05, 0.1) is 5.69 Å². The molecule has 0 heterocycles. The van der Waals surface area contributed by atoms with Crippen molar-refractivity contribution in [3.63, 3.8) is 0 Å². The van der Waals surface area contributed by atoms with E-state index >= 15 is 0 Å². The zero-order chi connectivity index (χ0) is 18.9. The Morgan fingerprint density at radius 1 is 0.880 bits per heavy atom. The predicted molar refractivity (Wildman–Crippen MR) is 115 cm³/mol. The molecular weight excluding hydrogens is 348 g/mol. The molecule has 1 atom stereocenters. The second kappa shape index (κ2) is 7.40. The molecule has 1 unspecified atom stereocenters. The van der Waals surface area contributed by atoms with Gasteiger partial charge in [0, 0.05) is 21.8 Å². The summed E-state index contributed by atoms with van der Waals surface area (Å²) in [5.74, 6) is 0.864. The highest BCUT2D eigenvalue weighted by Gasteiger charge is 2.33. The third-order valence-electron chi connectivity index (χ3n) is 4.37. The molecule has 0 aromatic heterocycles. The highest BCUT2D eigenvalue weighted by Crippen LogP contribution is 2.50. The van der Waals surface area contributed by atoms with Crippen LogP contribution in [0.3, 0.4) is 0 Å². The van der Waals surface area contributed by atoms with Crippen LogP contribution in [0.25, 0.3) is 0 Å². The molecule has 8 N–H and O–H groups in total. The van der Waals surface area contributed by atoms with E-state index in [9.17, 15) is 0 Å². The second-order valence-electron chi connectivity index (χ2n) is 6.39. The van der Waals surface area contributed by atoms with Crippen molar-refractivity contribution in [1.82, 2.24) is 0 Å². The molecule has 0 bridgehead atoms. The van der Waals surface area contributed by atoms with Crippen molar-refractivity contribution >= 4 is 40.6 Å². The average Bonchev–Trinajstić information content (AvgIpc) is 2.54. The van der Waals surface area contributed by atoms with Gasteiger partial charge in [-0.2, -0.15) is 0 Å². The van der Waals surface area contributed by atoms with Gasteiger partial charge < -0.3 is 22.9 Å². The van der Waals surface area contributed by atoms with E-state index < -0.39 is 4.20 Å². The van der Waals surface area contributed by atoms with Crippen LogP contribution in [0.1, 0.15) is 34.7 Å². The molecule has 0 saturated heterocycles. The molecule has 0 fully saturated rings. The van der Waals surface area contributed by atoms with Gasteiger partial charge in [0.2, 0.25) is 0 Å². The fourth-order valence-corrected chi connectivity index (χ4v) is 5.59. The Balaban J connectivity index is 2.60. The molecule has 0 aliphatic heterocycles. The van der Waals surface area contributed by atoms with Gasteiger partial charge in [0.15, 0.2) is 0 Å². The van der Waals surface area contributed by atoms with Crippen molar-refractivity contribution in [1.29, 1.82) is 0 Å². The van der Waals surface area contributed by atoms with Crippen molar-refractivity contribution in [3.05, 3.63) is 46.0 Å². The maximum Gasteiger partial charge on any atom is 0.141 e. The van der Waals surface area contributed by atoms with E-state index in [1.54, 1.807) is 23.5 Å². The lowest BCUT2D eigenvalue weighted by atomic mass is 10.0. The molecule has 0 aliphatic rings. The lowest BCUT2D eigenvalue weighted by molar-refractivity contribution is 0.944. The summed E-state index contributed by atoms with van der Waals surface area (Å²) in [6.07, 6.45) is 0. The number of thioether (sulfide) groups is 2. The van der Waals surface area contributed by atoms with E-state index in [1.807, 2.05) is 26.8 Å². The van der Waals surface area contributed by atoms with Gasteiger partial charge in [-0.1, -0.05) is 36.4 Å². The first-order chi connectivity index (χ1) is 11.6. The van der Waals surface area contributed by atoms with Crippen molar-refractivity contribution in [2.45, 2.75) is 43.7 Å². The molecule has 2 aromatic carbocycles. The Labute approximate surface area is 159 Å². The molecule has 136 valence electrons. The van der Waals surface area contributed by atoms with E-state index in [0.29, 0.717) is 5.69 Å². The number of nitrogens with two attached hydrogens (primary N) is 4. The highest BCUT2D eigenvalue weighted by molar-refractivity contribution is 8.17. The lowest BCUT2D eigenvalue weighted by Gasteiger charge is -2.31. The van der Waals surface area contributed by atoms with E-state index in [1.165, 1.54) is 0 Å². The number of benzene rings is 2. The summed E-state index contributed by atoms with van der Waals surface area (Å²) in [6.45, 7) is 10.1. The van der Waals surface area contributed by atoms with E-state index in [4.69, 9.17) is 22.9 Å². The largest absolute Gasteiger partial charge is 0.398 e. The summed E-state index contributed by atoms with van der Waals surface area (Å²) in [7, 11) is 0. The third kappa shape index (κ3) is 3.86. The number of hydrogen-bond donors (Lipinski definition) is 4. The summed E-state index contributed by atoms with van der Waals surface area (Å²) in [4.78, 5) is 0.936. The number of aryl methyl sites for hydroxylation is 3. The van der Waals surface area contributed by atoms with Crippen molar-refractivity contribution in [2.75, 3.05) is 23.0 Å². The lowest BCUT2D eigenvalue weighted by Crippen LogP contribution is -2.31. The van der Waals surface area contributed by atoms with E-state index in [0.717, 1.165) is 49.8 Å². The Hall–Kier alpha value is -1.50. The molecule has 0 saturated carbocycles. The number of anilines is 3. The van der Waals surface area contributed by atoms with Gasteiger partial charge in [0.25, 0.3) is 0 Å². The number of hydrogen-bond acceptors (Lipinski definition) is 6. The van der Waals surface area contributed by atoms with Crippen LogP contribution in [0.5, 0.6) is 0 Å². The SMILES string of the molecule is CCSC(N)(Sc1cc(C)c(N)c(C)c1N)c1cc(C)cc(C)c1N. The highest BCUT2D eigenvalue weighted by atomic mass is 32.2. The minimum absolute atomic E-state index is 0.683. The summed E-state index contributed by atoms with van der Waals surface area (Å²) >= 11 is 3.20. The quantitative estimate of drug-likeness (QED) is 0.353. The van der Waals surface area contributed by atoms with Crippen molar-refractivity contribution < 1.29 is 0 Å². The second-order valence-corrected chi connectivity index (χ2v) is 9.45. The minimum atomic E-state index is -0.723. The first-order valence-electron chi connectivity index (χ1n) is 8.24. The molecule has 0 spiro atoms. The molecule has 0 amide bonds. The monoisotopic (exact) mass is 376 g/mol. The normalized spacial score (nSPS) is 13.7. The Morgan fingerprint density at radius 2 is 1.48 bits per heavy atom. The summed E-state index contributed by atoms with van der Waals surface area (Å²) < 4.78 is -0.723. The fraction of sp³-hybridized carbons (Fsp3) is 0.368. The van der Waals surface area contributed by atoms with Crippen LogP contribution in [-0.2, 0) is 4.20 Å². The van der Waals surface area contributed by atoms with Crippen LogP contribution >= 0.6 is 23.5 Å². The molecule has 2 rings (SSSR count). The van der Waals surface area contributed by atoms with Crippen LogP contribution in [0.4, 0.5) is 17.1 Å². The van der Waals surface area contributed by atoms with Crippen LogP contribution in [0, 0.1) is 27.7 Å². The van der Waals surface area contributed by atoms with Gasteiger partial charge >= 0.3 is 0 Å². The Morgan fingerprint density at radius 3 is 2.08 bits per heavy atom. The molecule has 2 aromatic rings. The first kappa shape index (κ1) is 19.8. The molecule has 25 heavy (non-hydrogen) atoms. The van der Waals surface area contributed by atoms with Gasteiger partial charge in [-0.15, -0.1) is 11.8 Å². The van der Waals surface area contributed by atoms with Gasteiger partial charge in [-0.3, -0.25) is 0 Å². The standard InChI is InChI=1S/C19H28N4S2/c1-6-24-19(23,14-8-10(2)7-11(3)17(14)21)25-15-9-12(4)16(20)13(5)18(15)22/h7-9H,6,20-23H2,1-5H3. The smallest absolute Gasteiger partial charge is 0.141 e. The van der Waals surface area contributed by atoms with Gasteiger partial charge in [0.1, 0.15) is 4.20 Å². The van der Waals surface area contributed by atoms with E-state index in [2.05, 4.69) is 26.0 Å². The zero-order valence-electron chi connectivity index (χ0n) is 15.6. The van der Waals surface area contributed by atoms with Crippen LogP contribution in [0.15, 0.2) is 23.1 Å². The maximum atomic E-state index is 6.87. The topological polar surface area (TPSA) is 104 Å². The van der Waals surface area contributed by atoms with Crippen LogP contribution in [0.2, 0.25) is 0 Å². The number of rotatable bonds is 5. The van der Waals surface area contributed by atoms with Gasteiger partial charge in [-0.05, 0) is 56.2 Å². The van der Waals surface area contributed by atoms with E-state index in [-0.39, 0.29) is 0 Å². The molecule has 0 radical (unpaired) electrons. The van der Waals surface area contributed by atoms with Gasteiger partial charge in [-0.25, -0.2) is 0 Å². The minimum Gasteiger partial charge on any atom is -0.398 e. The predicted octanol–water partition coefficient (Wildman–Crippen LogP) is 4.28. The molecule has 4 nitrogen and oxygen atoms in total. The summed E-state index contributed by atoms with van der Waals surface area (Å²) in [5.41, 5.74) is 32.9. The summed E-state index contributed by atoms with van der Waals surface area (Å²) in [6, 6.07) is 6.16. The number of nitrogen functional groups attached to an aromatic ring is 3. The Kier molecular flexibility index (Phi) is 5.86. The Bertz CT molecular complexity index is 805. The average molecular weight is 377 g/mol. The fourth-order valence-electron chi connectivity index (χ4n) is 2.87. The molecule has 6 heteroatoms. The molecule has 0 aliphatic carbocycles. The van der Waals surface area contributed by atoms with Crippen LogP contribution in [-0.4, -0.2) is 5.75 Å². The third-order valence-corrected chi connectivity index (χ3v) is 6.99. The zero-order valence-corrected chi connectivity index (χ0v) is 17.2. The van der Waals surface area contributed by atoms with Crippen molar-refractivity contribution in [3.8, 4) is 0 Å². The van der Waals surface area contributed by atoms with Crippen molar-refractivity contribution in [2.24, 2.45) is 5.73 Å². The first-order valence-corrected chi connectivity index (χ1v) is 10.0. The van der Waals surface area contributed by atoms with Crippen LogP contribution < -0.4 is 22.9 Å². The summed E-state index contributed by atoms with van der Waals surface area (Å²) in [5, 5.41) is 0.